The maximum atomic E-state index is 12.9. The molecule has 0 spiro atoms. The van der Waals surface area contributed by atoms with Gasteiger partial charge in [0.2, 0.25) is 5.91 Å². The van der Waals surface area contributed by atoms with Gasteiger partial charge in [0.05, 0.1) is 25.4 Å². The number of carbonyl (C=O) groups excluding carboxylic acids is 1. The zero-order valence-corrected chi connectivity index (χ0v) is 38.8. The van der Waals surface area contributed by atoms with Crippen molar-refractivity contribution >= 4 is 5.91 Å². The molecule has 1 amide bonds. The second kappa shape index (κ2) is 41.2. The van der Waals surface area contributed by atoms with Gasteiger partial charge in [0.1, 0.15) is 24.4 Å². The van der Waals surface area contributed by atoms with Crippen LogP contribution in [0.1, 0.15) is 258 Å². The van der Waals surface area contributed by atoms with E-state index in [4.69, 9.17) is 9.47 Å². The molecular formula is C50H99NO8. The number of aliphatic hydroxyl groups excluding tert-OH is 5. The lowest BCUT2D eigenvalue weighted by atomic mass is 9.99. The second-order valence-electron chi connectivity index (χ2n) is 18.3. The van der Waals surface area contributed by atoms with Gasteiger partial charge in [0, 0.05) is 6.42 Å². The number of hydrogen-bond acceptors (Lipinski definition) is 8. The summed E-state index contributed by atoms with van der Waals surface area (Å²) < 4.78 is 11.2. The van der Waals surface area contributed by atoms with E-state index < -0.39 is 49.5 Å². The molecule has 0 aromatic heterocycles. The summed E-state index contributed by atoms with van der Waals surface area (Å²) in [5, 5.41) is 53.9. The molecule has 7 atom stereocenters. The molecule has 7 unspecified atom stereocenters. The van der Waals surface area contributed by atoms with Crippen LogP contribution < -0.4 is 5.32 Å². The Bertz CT molecular complexity index is 893. The third kappa shape index (κ3) is 31.6. The van der Waals surface area contributed by atoms with Crippen LogP contribution in [0.3, 0.4) is 0 Å². The number of ether oxygens (including phenoxy) is 2. The molecule has 0 radical (unpaired) electrons. The maximum Gasteiger partial charge on any atom is 0.220 e. The summed E-state index contributed by atoms with van der Waals surface area (Å²) in [6.07, 6.45) is 40.6. The summed E-state index contributed by atoms with van der Waals surface area (Å²) in [4.78, 5) is 12.9. The summed E-state index contributed by atoms with van der Waals surface area (Å²) in [5.74, 6) is -0.146. The Kier molecular flexibility index (Phi) is 39.3. The van der Waals surface area contributed by atoms with Crippen LogP contribution in [0.25, 0.3) is 0 Å². The number of rotatable bonds is 44. The normalized spacial score (nSPS) is 20.6. The van der Waals surface area contributed by atoms with Crippen LogP contribution in [0.15, 0.2) is 0 Å². The van der Waals surface area contributed by atoms with Gasteiger partial charge in [-0.1, -0.05) is 239 Å². The summed E-state index contributed by atoms with van der Waals surface area (Å²) in [6, 6.07) is -0.709. The van der Waals surface area contributed by atoms with Crippen LogP contribution in [-0.2, 0) is 14.3 Å². The fourth-order valence-electron chi connectivity index (χ4n) is 8.58. The highest BCUT2D eigenvalue weighted by Gasteiger charge is 2.44. The minimum Gasteiger partial charge on any atom is -0.394 e. The van der Waals surface area contributed by atoms with Crippen molar-refractivity contribution < 1.29 is 39.8 Å². The van der Waals surface area contributed by atoms with E-state index in [-0.39, 0.29) is 12.5 Å². The Morgan fingerprint density at radius 1 is 0.508 bits per heavy atom. The molecule has 0 aromatic rings. The lowest BCUT2D eigenvalue weighted by Gasteiger charge is -2.40. The standard InChI is InChI=1S/C50H99NO8/c1-3-5-7-9-10-11-12-13-14-15-16-17-18-19-20-21-22-23-24-25-26-27-28-29-30-31-32-33-34-36-38-40-46(54)51-43(44(53)39-37-35-8-6-4-2)42-58-50-49(57)48(56)47(55)45(41-52)59-50/h43-45,47-50,52-53,55-57H,3-42H2,1-2H3,(H,51,54). The van der Waals surface area contributed by atoms with E-state index in [9.17, 15) is 30.3 Å². The van der Waals surface area contributed by atoms with Gasteiger partial charge in [-0.3, -0.25) is 4.79 Å². The molecule has 1 fully saturated rings. The third-order valence-corrected chi connectivity index (χ3v) is 12.7. The van der Waals surface area contributed by atoms with Gasteiger partial charge in [-0.25, -0.2) is 0 Å². The molecule has 59 heavy (non-hydrogen) atoms. The highest BCUT2D eigenvalue weighted by molar-refractivity contribution is 5.76. The molecule has 0 bridgehead atoms. The first-order valence-electron chi connectivity index (χ1n) is 25.7. The van der Waals surface area contributed by atoms with Crippen molar-refractivity contribution in [1.29, 1.82) is 0 Å². The molecule has 9 nitrogen and oxygen atoms in total. The topological polar surface area (TPSA) is 149 Å². The molecule has 1 saturated heterocycles. The quantitative estimate of drug-likeness (QED) is 0.0332. The molecule has 1 aliphatic rings. The van der Waals surface area contributed by atoms with E-state index in [0.717, 1.165) is 51.4 Å². The average molecular weight is 842 g/mol. The van der Waals surface area contributed by atoms with Crippen LogP contribution in [0.5, 0.6) is 0 Å². The number of nitrogens with one attached hydrogen (secondary N) is 1. The van der Waals surface area contributed by atoms with Gasteiger partial charge in [0.25, 0.3) is 0 Å². The van der Waals surface area contributed by atoms with E-state index >= 15 is 0 Å². The Morgan fingerprint density at radius 2 is 0.847 bits per heavy atom. The van der Waals surface area contributed by atoms with Gasteiger partial charge in [-0.2, -0.15) is 0 Å². The Balaban J connectivity index is 1.99. The molecule has 352 valence electrons. The number of amides is 1. The van der Waals surface area contributed by atoms with Crippen molar-refractivity contribution in [2.24, 2.45) is 0 Å². The summed E-state index contributed by atoms with van der Waals surface area (Å²) in [7, 11) is 0. The van der Waals surface area contributed by atoms with E-state index in [0.29, 0.717) is 12.8 Å². The lowest BCUT2D eigenvalue weighted by molar-refractivity contribution is -0.302. The highest BCUT2D eigenvalue weighted by atomic mass is 16.7. The van der Waals surface area contributed by atoms with Crippen LogP contribution in [-0.4, -0.2) is 87.5 Å². The smallest absolute Gasteiger partial charge is 0.220 e. The van der Waals surface area contributed by atoms with Crippen molar-refractivity contribution in [3.8, 4) is 0 Å². The minimum atomic E-state index is -1.55. The molecule has 0 aliphatic carbocycles. The minimum absolute atomic E-state index is 0.135. The first-order valence-corrected chi connectivity index (χ1v) is 25.7. The van der Waals surface area contributed by atoms with Crippen molar-refractivity contribution in [2.75, 3.05) is 13.2 Å². The van der Waals surface area contributed by atoms with Gasteiger partial charge in [0.15, 0.2) is 6.29 Å². The van der Waals surface area contributed by atoms with Crippen LogP contribution in [0.4, 0.5) is 0 Å². The van der Waals surface area contributed by atoms with Crippen LogP contribution in [0, 0.1) is 0 Å². The van der Waals surface area contributed by atoms with Crippen LogP contribution >= 0.6 is 0 Å². The zero-order chi connectivity index (χ0) is 43.0. The van der Waals surface area contributed by atoms with Crippen LogP contribution in [0.2, 0.25) is 0 Å². The maximum absolute atomic E-state index is 12.9. The Hall–Kier alpha value is -0.810. The van der Waals surface area contributed by atoms with E-state index in [1.165, 1.54) is 180 Å². The van der Waals surface area contributed by atoms with Crippen molar-refractivity contribution in [1.82, 2.24) is 5.32 Å². The van der Waals surface area contributed by atoms with E-state index in [2.05, 4.69) is 19.2 Å². The van der Waals surface area contributed by atoms with Gasteiger partial charge >= 0.3 is 0 Å². The molecule has 1 heterocycles. The summed E-state index contributed by atoms with van der Waals surface area (Å²) in [6.45, 7) is 3.76. The second-order valence-corrected chi connectivity index (χ2v) is 18.3. The number of aliphatic hydroxyl groups is 5. The predicted molar refractivity (Wildman–Crippen MR) is 244 cm³/mol. The monoisotopic (exact) mass is 842 g/mol. The third-order valence-electron chi connectivity index (χ3n) is 12.7. The Morgan fingerprint density at radius 3 is 1.20 bits per heavy atom. The predicted octanol–water partition coefficient (Wildman–Crippen LogP) is 11.5. The molecule has 6 N–H and O–H groups in total. The molecule has 0 saturated carbocycles. The van der Waals surface area contributed by atoms with Gasteiger partial charge in [-0.15, -0.1) is 0 Å². The fraction of sp³-hybridized carbons (Fsp3) is 0.980. The first-order chi connectivity index (χ1) is 28.8. The largest absolute Gasteiger partial charge is 0.394 e. The van der Waals surface area contributed by atoms with Crippen molar-refractivity contribution in [3.05, 3.63) is 0 Å². The number of carbonyl (C=O) groups is 1. The average Bonchev–Trinajstić information content (AvgIpc) is 3.23. The molecular weight excluding hydrogens is 743 g/mol. The number of hydrogen-bond donors (Lipinski definition) is 6. The highest BCUT2D eigenvalue weighted by Crippen LogP contribution is 2.23. The summed E-state index contributed by atoms with van der Waals surface area (Å²) >= 11 is 0. The molecule has 0 aromatic carbocycles. The first kappa shape index (κ1) is 56.2. The fourth-order valence-corrected chi connectivity index (χ4v) is 8.58. The van der Waals surface area contributed by atoms with E-state index in [1.807, 2.05) is 0 Å². The van der Waals surface area contributed by atoms with Crippen molar-refractivity contribution in [3.63, 3.8) is 0 Å². The van der Waals surface area contributed by atoms with Gasteiger partial charge in [-0.05, 0) is 12.8 Å². The molecule has 1 aliphatic heterocycles. The zero-order valence-electron chi connectivity index (χ0n) is 38.8. The number of unbranched alkanes of at least 4 members (excludes halogenated alkanes) is 34. The Labute approximate surface area is 364 Å². The lowest BCUT2D eigenvalue weighted by Crippen LogP contribution is -2.60. The molecule has 1 rings (SSSR count). The molecule has 9 heteroatoms. The summed E-state index contributed by atoms with van der Waals surface area (Å²) in [5.41, 5.74) is 0. The van der Waals surface area contributed by atoms with Crippen molar-refractivity contribution in [2.45, 2.75) is 301 Å². The SMILES string of the molecule is CCCCCCCCCCCCCCCCCCCCCCCCCCCCCCCCCC(=O)NC(COC1OC(CO)C(O)C(O)C1O)C(O)CCCCCCC. The van der Waals surface area contributed by atoms with Gasteiger partial charge < -0.3 is 40.3 Å². The van der Waals surface area contributed by atoms with E-state index in [1.54, 1.807) is 0 Å².